The number of rotatable bonds is 3. The van der Waals surface area contributed by atoms with E-state index < -0.39 is 0 Å². The van der Waals surface area contributed by atoms with E-state index in [0.717, 1.165) is 25.5 Å². The van der Waals surface area contributed by atoms with Gasteiger partial charge in [-0.3, -0.25) is 4.90 Å². The van der Waals surface area contributed by atoms with Gasteiger partial charge in [0.25, 0.3) is 0 Å². The summed E-state index contributed by atoms with van der Waals surface area (Å²) >= 11 is 0. The van der Waals surface area contributed by atoms with Crippen LogP contribution in [0.1, 0.15) is 36.5 Å². The highest BCUT2D eigenvalue weighted by atomic mass is 16.5. The van der Waals surface area contributed by atoms with Crippen LogP contribution in [0.25, 0.3) is 0 Å². The molecular weight excluding hydrogens is 260 g/mol. The van der Waals surface area contributed by atoms with Gasteiger partial charge in [0.05, 0.1) is 12.7 Å². The lowest BCUT2D eigenvalue weighted by Crippen LogP contribution is -2.41. The van der Waals surface area contributed by atoms with Crippen LogP contribution in [0.5, 0.6) is 0 Å². The monoisotopic (exact) mass is 286 g/mol. The molecule has 0 spiro atoms. The third kappa shape index (κ3) is 3.15. The first-order chi connectivity index (χ1) is 10.4. The van der Waals surface area contributed by atoms with E-state index in [9.17, 15) is 0 Å². The highest BCUT2D eigenvalue weighted by molar-refractivity contribution is 5.31. The highest BCUT2D eigenvalue weighted by Crippen LogP contribution is 2.34. The van der Waals surface area contributed by atoms with Crippen LogP contribution in [0.4, 0.5) is 0 Å². The predicted molar refractivity (Wildman–Crippen MR) is 84.4 cm³/mol. The summed E-state index contributed by atoms with van der Waals surface area (Å²) in [6.45, 7) is 5.52. The summed E-state index contributed by atoms with van der Waals surface area (Å²) in [6, 6.07) is 9.54. The van der Waals surface area contributed by atoms with Crippen LogP contribution in [-0.2, 0) is 11.2 Å². The quantitative estimate of drug-likeness (QED) is 0.923. The number of hydrogen-bond donors (Lipinski definition) is 1. The molecule has 1 aromatic rings. The number of nitrogens with one attached hydrogen (secondary N) is 1. The number of fused-ring (bicyclic) bond motifs is 1. The van der Waals surface area contributed by atoms with Crippen LogP contribution < -0.4 is 5.32 Å². The Morgan fingerprint density at radius 3 is 3.05 bits per heavy atom. The molecule has 3 aliphatic rings. The summed E-state index contributed by atoms with van der Waals surface area (Å²) in [6.07, 6.45) is 5.45. The van der Waals surface area contributed by atoms with Crippen LogP contribution in [0.3, 0.4) is 0 Å². The Morgan fingerprint density at radius 2 is 2.14 bits per heavy atom. The van der Waals surface area contributed by atoms with E-state index in [2.05, 4.69) is 34.5 Å². The van der Waals surface area contributed by atoms with Crippen LogP contribution in [0.2, 0.25) is 0 Å². The first-order valence-corrected chi connectivity index (χ1v) is 8.55. The molecule has 2 heterocycles. The van der Waals surface area contributed by atoms with Crippen LogP contribution in [0, 0.1) is 5.92 Å². The van der Waals surface area contributed by atoms with E-state index in [1.807, 2.05) is 0 Å². The molecule has 3 heteroatoms. The summed E-state index contributed by atoms with van der Waals surface area (Å²) in [5, 5.41) is 3.75. The number of hydrogen-bond acceptors (Lipinski definition) is 3. The number of ether oxygens (including phenoxy) is 1. The van der Waals surface area contributed by atoms with Crippen LogP contribution in [0.15, 0.2) is 24.3 Å². The molecule has 21 heavy (non-hydrogen) atoms. The van der Waals surface area contributed by atoms with E-state index >= 15 is 0 Å². The van der Waals surface area contributed by atoms with Crippen molar-refractivity contribution in [1.29, 1.82) is 0 Å². The smallest absolute Gasteiger partial charge is 0.0954 e. The predicted octanol–water partition coefficient (Wildman–Crippen LogP) is 2.37. The Bertz CT molecular complexity index is 486. The molecule has 1 N–H and O–H groups in total. The second-order valence-electron chi connectivity index (χ2n) is 6.82. The lowest BCUT2D eigenvalue weighted by Gasteiger charge is -2.32. The third-order valence-corrected chi connectivity index (χ3v) is 5.22. The van der Waals surface area contributed by atoms with Gasteiger partial charge in [0.1, 0.15) is 0 Å². The molecule has 114 valence electrons. The maximum atomic E-state index is 6.10. The molecule has 0 aromatic heterocycles. The van der Waals surface area contributed by atoms with E-state index in [1.54, 1.807) is 0 Å². The van der Waals surface area contributed by atoms with E-state index in [4.69, 9.17) is 4.74 Å². The Kier molecular flexibility index (Phi) is 3.97. The number of nitrogens with zero attached hydrogens (tertiary/aromatic N) is 1. The SMILES string of the molecule is c1ccc2c(c1)CCOC2CN1CCCNC(C2CC2)C1. The molecule has 2 aliphatic heterocycles. The average molecular weight is 286 g/mol. The van der Waals surface area contributed by atoms with Crippen molar-refractivity contribution < 1.29 is 4.74 Å². The van der Waals surface area contributed by atoms with Gasteiger partial charge in [0, 0.05) is 19.1 Å². The lowest BCUT2D eigenvalue weighted by atomic mass is 9.97. The molecule has 1 saturated heterocycles. The van der Waals surface area contributed by atoms with E-state index in [-0.39, 0.29) is 6.10 Å². The fraction of sp³-hybridized carbons (Fsp3) is 0.667. The van der Waals surface area contributed by atoms with Gasteiger partial charge < -0.3 is 10.1 Å². The van der Waals surface area contributed by atoms with Crippen molar-refractivity contribution in [2.45, 2.75) is 37.8 Å². The molecule has 1 saturated carbocycles. The van der Waals surface area contributed by atoms with Crippen molar-refractivity contribution >= 4 is 0 Å². The van der Waals surface area contributed by atoms with Gasteiger partial charge in [-0.05, 0) is 55.8 Å². The van der Waals surface area contributed by atoms with Crippen LogP contribution >= 0.6 is 0 Å². The molecule has 2 atom stereocenters. The average Bonchev–Trinajstić information content (AvgIpc) is 3.35. The molecule has 1 aromatic carbocycles. The maximum Gasteiger partial charge on any atom is 0.0954 e. The van der Waals surface area contributed by atoms with Gasteiger partial charge in [-0.1, -0.05) is 24.3 Å². The van der Waals surface area contributed by atoms with Gasteiger partial charge in [0.15, 0.2) is 0 Å². The van der Waals surface area contributed by atoms with E-state index in [1.165, 1.54) is 50.0 Å². The molecule has 0 amide bonds. The minimum atomic E-state index is 0.271. The normalized spacial score (nSPS) is 30.7. The largest absolute Gasteiger partial charge is 0.372 e. The van der Waals surface area contributed by atoms with Crippen molar-refractivity contribution in [2.75, 3.05) is 32.8 Å². The maximum absolute atomic E-state index is 6.10. The standard InChI is InChI=1S/C18H26N2O/c1-2-5-16-14(4-1)8-11-21-18(16)13-20-10-3-9-19-17(12-20)15-6-7-15/h1-2,4-5,15,17-19H,3,6-13H2. The minimum absolute atomic E-state index is 0.271. The molecular formula is C18H26N2O. The first-order valence-electron chi connectivity index (χ1n) is 8.55. The van der Waals surface area contributed by atoms with Crippen molar-refractivity contribution in [3.63, 3.8) is 0 Å². The minimum Gasteiger partial charge on any atom is -0.372 e. The second kappa shape index (κ2) is 6.07. The first kappa shape index (κ1) is 13.7. The second-order valence-corrected chi connectivity index (χ2v) is 6.82. The molecule has 3 nitrogen and oxygen atoms in total. The molecule has 4 rings (SSSR count). The van der Waals surface area contributed by atoms with Gasteiger partial charge in [-0.25, -0.2) is 0 Å². The van der Waals surface area contributed by atoms with E-state index in [0.29, 0.717) is 6.04 Å². The molecule has 2 fully saturated rings. The van der Waals surface area contributed by atoms with Crippen molar-refractivity contribution in [2.24, 2.45) is 5.92 Å². The van der Waals surface area contributed by atoms with Crippen molar-refractivity contribution in [3.05, 3.63) is 35.4 Å². The summed E-state index contributed by atoms with van der Waals surface area (Å²) < 4.78 is 6.10. The van der Waals surface area contributed by atoms with Gasteiger partial charge >= 0.3 is 0 Å². The zero-order valence-corrected chi connectivity index (χ0v) is 12.8. The van der Waals surface area contributed by atoms with Gasteiger partial charge in [0.2, 0.25) is 0 Å². The fourth-order valence-corrected chi connectivity index (χ4v) is 3.87. The lowest BCUT2D eigenvalue weighted by molar-refractivity contribution is 0.0152. The number of benzene rings is 1. The Balaban J connectivity index is 1.45. The highest BCUT2D eigenvalue weighted by Gasteiger charge is 2.34. The Labute approximate surface area is 127 Å². The zero-order chi connectivity index (χ0) is 14.1. The molecule has 0 radical (unpaired) electrons. The van der Waals surface area contributed by atoms with Gasteiger partial charge in [-0.2, -0.15) is 0 Å². The van der Waals surface area contributed by atoms with Crippen molar-refractivity contribution in [1.82, 2.24) is 10.2 Å². The Morgan fingerprint density at radius 1 is 1.24 bits per heavy atom. The topological polar surface area (TPSA) is 24.5 Å². The molecule has 1 aliphatic carbocycles. The molecule has 2 unspecified atom stereocenters. The van der Waals surface area contributed by atoms with Crippen molar-refractivity contribution in [3.8, 4) is 0 Å². The summed E-state index contributed by atoms with van der Waals surface area (Å²) in [7, 11) is 0. The summed E-state index contributed by atoms with van der Waals surface area (Å²) in [4.78, 5) is 2.63. The fourth-order valence-electron chi connectivity index (χ4n) is 3.87. The zero-order valence-electron chi connectivity index (χ0n) is 12.8. The van der Waals surface area contributed by atoms with Crippen LogP contribution in [-0.4, -0.2) is 43.7 Å². The summed E-state index contributed by atoms with van der Waals surface area (Å²) in [5.74, 6) is 0.935. The third-order valence-electron chi connectivity index (χ3n) is 5.22. The summed E-state index contributed by atoms with van der Waals surface area (Å²) in [5.41, 5.74) is 2.91. The van der Waals surface area contributed by atoms with Gasteiger partial charge in [-0.15, -0.1) is 0 Å². The Hall–Kier alpha value is -0.900. The molecule has 0 bridgehead atoms.